The molecule has 4 aromatic heterocycles. The average molecular weight is 391 g/mol. The van der Waals surface area contributed by atoms with Crippen molar-refractivity contribution >= 4 is 22.8 Å². The van der Waals surface area contributed by atoms with Gasteiger partial charge in [-0.15, -0.1) is 16.4 Å². The Morgan fingerprint density at radius 1 is 1.14 bits per heavy atom. The van der Waals surface area contributed by atoms with Crippen molar-refractivity contribution in [3.8, 4) is 11.1 Å². The summed E-state index contributed by atoms with van der Waals surface area (Å²) in [5.74, 6) is 0.0414. The molecule has 1 amide bonds. The van der Waals surface area contributed by atoms with Gasteiger partial charge in [0.05, 0.1) is 23.5 Å². The Bertz CT molecular complexity index is 1110. The number of fused-ring (bicyclic) bond motifs is 1. The van der Waals surface area contributed by atoms with Crippen LogP contribution in [0.3, 0.4) is 0 Å². The first-order chi connectivity index (χ1) is 13.8. The van der Waals surface area contributed by atoms with E-state index >= 15 is 0 Å². The van der Waals surface area contributed by atoms with E-state index in [1.807, 2.05) is 52.9 Å². The van der Waals surface area contributed by atoms with Crippen LogP contribution in [0.4, 0.5) is 0 Å². The van der Waals surface area contributed by atoms with Crippen LogP contribution < -0.4 is 0 Å². The molecule has 1 aliphatic heterocycles. The van der Waals surface area contributed by atoms with E-state index in [1.54, 1.807) is 16.9 Å². The van der Waals surface area contributed by atoms with Crippen molar-refractivity contribution < 1.29 is 9.53 Å². The molecule has 0 aliphatic carbocycles. The Labute approximate surface area is 165 Å². The summed E-state index contributed by atoms with van der Waals surface area (Å²) in [6, 6.07) is 11.7. The second kappa shape index (κ2) is 7.14. The number of thiophene rings is 1. The summed E-state index contributed by atoms with van der Waals surface area (Å²) in [5.41, 5.74) is 3.74. The number of hydrogen-bond donors (Lipinski definition) is 0. The maximum atomic E-state index is 12.7. The molecule has 1 aliphatic rings. The van der Waals surface area contributed by atoms with Crippen LogP contribution in [0.15, 0.2) is 60.4 Å². The minimum absolute atomic E-state index is 0.0414. The van der Waals surface area contributed by atoms with E-state index in [4.69, 9.17) is 4.74 Å². The quantitative estimate of drug-likeness (QED) is 0.537. The number of morpholine rings is 1. The van der Waals surface area contributed by atoms with Crippen molar-refractivity contribution in [3.05, 3.63) is 70.9 Å². The fourth-order valence-corrected chi connectivity index (χ4v) is 4.10. The topological polar surface area (TPSA) is 72.6 Å². The van der Waals surface area contributed by atoms with E-state index in [0.717, 1.165) is 27.2 Å². The third kappa shape index (κ3) is 3.06. The first-order valence-corrected chi connectivity index (χ1v) is 9.87. The van der Waals surface area contributed by atoms with Gasteiger partial charge in [0.25, 0.3) is 5.91 Å². The van der Waals surface area contributed by atoms with Crippen LogP contribution >= 0.6 is 11.3 Å². The Morgan fingerprint density at radius 3 is 2.86 bits per heavy atom. The van der Waals surface area contributed by atoms with E-state index in [-0.39, 0.29) is 12.0 Å². The molecule has 1 saturated heterocycles. The highest BCUT2D eigenvalue weighted by molar-refractivity contribution is 7.12. The van der Waals surface area contributed by atoms with Crippen molar-refractivity contribution in [2.45, 2.75) is 6.10 Å². The van der Waals surface area contributed by atoms with Crippen LogP contribution in [0.5, 0.6) is 0 Å². The number of amides is 1. The minimum atomic E-state index is -0.290. The molecular weight excluding hydrogens is 374 g/mol. The Hall–Kier alpha value is -3.10. The summed E-state index contributed by atoms with van der Waals surface area (Å²) in [6.45, 7) is 1.53. The zero-order valence-electron chi connectivity index (χ0n) is 14.9. The lowest BCUT2D eigenvalue weighted by Gasteiger charge is -2.31. The summed E-state index contributed by atoms with van der Waals surface area (Å²) < 4.78 is 7.69. The molecule has 1 fully saturated rings. The Kier molecular flexibility index (Phi) is 4.34. The number of hydrogen-bond acceptors (Lipinski definition) is 6. The molecule has 1 atom stereocenters. The highest BCUT2D eigenvalue weighted by Crippen LogP contribution is 2.27. The highest BCUT2D eigenvalue weighted by Gasteiger charge is 2.29. The molecule has 140 valence electrons. The van der Waals surface area contributed by atoms with Gasteiger partial charge in [0.2, 0.25) is 0 Å². The van der Waals surface area contributed by atoms with Crippen LogP contribution in [0.1, 0.15) is 21.5 Å². The monoisotopic (exact) mass is 391 g/mol. The van der Waals surface area contributed by atoms with Gasteiger partial charge in [0, 0.05) is 30.7 Å². The maximum Gasteiger partial charge on any atom is 0.264 e. The summed E-state index contributed by atoms with van der Waals surface area (Å²) >= 11 is 1.46. The van der Waals surface area contributed by atoms with Crippen LogP contribution in [-0.4, -0.2) is 50.3 Å². The van der Waals surface area contributed by atoms with Crippen LogP contribution in [0, 0.1) is 0 Å². The largest absolute Gasteiger partial charge is 0.368 e. The summed E-state index contributed by atoms with van der Waals surface area (Å²) in [4.78, 5) is 19.3. The highest BCUT2D eigenvalue weighted by atomic mass is 32.1. The molecular formula is C20H17N5O2S. The lowest BCUT2D eigenvalue weighted by molar-refractivity contribution is -0.0239. The molecule has 0 spiro atoms. The van der Waals surface area contributed by atoms with Gasteiger partial charge in [-0.2, -0.15) is 0 Å². The van der Waals surface area contributed by atoms with Gasteiger partial charge >= 0.3 is 0 Å². The van der Waals surface area contributed by atoms with E-state index in [1.165, 1.54) is 11.3 Å². The van der Waals surface area contributed by atoms with Crippen molar-refractivity contribution in [1.82, 2.24) is 24.7 Å². The van der Waals surface area contributed by atoms with Crippen LogP contribution in [0.25, 0.3) is 16.6 Å². The number of pyridine rings is 2. The Morgan fingerprint density at radius 2 is 2.04 bits per heavy atom. The summed E-state index contributed by atoms with van der Waals surface area (Å²) in [5, 5.41) is 10.5. The number of ether oxygens (including phenoxy) is 1. The molecule has 0 N–H and O–H groups in total. The normalized spacial score (nSPS) is 17.1. The number of rotatable bonds is 3. The van der Waals surface area contributed by atoms with Gasteiger partial charge in [-0.25, -0.2) is 4.52 Å². The molecule has 5 rings (SSSR count). The third-order valence-electron chi connectivity index (χ3n) is 4.84. The van der Waals surface area contributed by atoms with Crippen LogP contribution in [-0.2, 0) is 4.74 Å². The van der Waals surface area contributed by atoms with Gasteiger partial charge in [0.15, 0.2) is 0 Å². The smallest absolute Gasteiger partial charge is 0.264 e. The van der Waals surface area contributed by atoms with Crippen molar-refractivity contribution in [1.29, 1.82) is 0 Å². The summed E-state index contributed by atoms with van der Waals surface area (Å²) in [7, 11) is 0. The molecule has 28 heavy (non-hydrogen) atoms. The molecule has 4 aromatic rings. The molecule has 0 bridgehead atoms. The van der Waals surface area contributed by atoms with Gasteiger partial charge in [-0.05, 0) is 35.2 Å². The lowest BCUT2D eigenvalue weighted by atomic mass is 10.1. The van der Waals surface area contributed by atoms with E-state index < -0.39 is 0 Å². The van der Waals surface area contributed by atoms with Gasteiger partial charge in [0.1, 0.15) is 11.8 Å². The van der Waals surface area contributed by atoms with Crippen molar-refractivity contribution in [2.75, 3.05) is 19.7 Å². The first-order valence-electron chi connectivity index (χ1n) is 8.99. The molecule has 5 heterocycles. The zero-order valence-corrected chi connectivity index (χ0v) is 15.7. The SMILES string of the molecule is O=C(c1cccs1)N1CCO[C@H](c2nnn3cc(-c4ccncc4)ccc23)C1. The lowest BCUT2D eigenvalue weighted by Crippen LogP contribution is -2.42. The van der Waals surface area contributed by atoms with Crippen molar-refractivity contribution in [3.63, 3.8) is 0 Å². The van der Waals surface area contributed by atoms with Crippen molar-refractivity contribution in [2.24, 2.45) is 0 Å². The molecule has 0 saturated carbocycles. The van der Waals surface area contributed by atoms with E-state index in [2.05, 4.69) is 15.3 Å². The predicted molar refractivity (Wildman–Crippen MR) is 105 cm³/mol. The number of carbonyl (C=O) groups excluding carboxylic acids is 1. The van der Waals surface area contributed by atoms with Gasteiger partial charge < -0.3 is 9.64 Å². The number of aromatic nitrogens is 4. The average Bonchev–Trinajstić information content (AvgIpc) is 3.43. The molecule has 0 radical (unpaired) electrons. The summed E-state index contributed by atoms with van der Waals surface area (Å²) in [6.07, 6.45) is 5.18. The molecule has 0 aromatic carbocycles. The van der Waals surface area contributed by atoms with E-state index in [0.29, 0.717) is 19.7 Å². The third-order valence-corrected chi connectivity index (χ3v) is 5.70. The van der Waals surface area contributed by atoms with Crippen LogP contribution in [0.2, 0.25) is 0 Å². The Balaban J connectivity index is 1.42. The first kappa shape index (κ1) is 17.0. The van der Waals surface area contributed by atoms with Gasteiger partial charge in [-0.1, -0.05) is 17.3 Å². The zero-order chi connectivity index (χ0) is 18.9. The minimum Gasteiger partial charge on any atom is -0.368 e. The fraction of sp³-hybridized carbons (Fsp3) is 0.200. The second-order valence-electron chi connectivity index (χ2n) is 6.55. The number of nitrogens with zero attached hydrogens (tertiary/aromatic N) is 5. The second-order valence-corrected chi connectivity index (χ2v) is 7.49. The molecule has 7 nitrogen and oxygen atoms in total. The fourth-order valence-electron chi connectivity index (χ4n) is 3.41. The number of carbonyl (C=O) groups is 1. The van der Waals surface area contributed by atoms with Gasteiger partial charge in [-0.3, -0.25) is 9.78 Å². The molecule has 0 unspecified atom stereocenters. The molecule has 8 heteroatoms. The maximum absolute atomic E-state index is 12.7. The standard InChI is InChI=1S/C20H17N5O2S/c26-20(18-2-1-11-28-18)24-9-10-27-17(13-24)19-16-4-3-15(12-25(16)23-22-19)14-5-7-21-8-6-14/h1-8,11-12,17H,9-10,13H2/t17-/m0/s1. The van der Waals surface area contributed by atoms with E-state index in [9.17, 15) is 4.79 Å². The predicted octanol–water partition coefficient (Wildman–Crippen LogP) is 3.07.